The van der Waals surface area contributed by atoms with Gasteiger partial charge in [0.05, 0.1) is 17.8 Å². The minimum atomic E-state index is -0.531. The molecule has 0 spiro atoms. The largest absolute Gasteiger partial charge is 0.299 e. The average Bonchev–Trinajstić information content (AvgIpc) is 2.88. The normalized spacial score (nSPS) is 14.1. The number of Topliss-reactive ketones (excluding diaryl/α,β-unsaturated/α-hetero) is 1. The number of hydrogen-bond donors (Lipinski definition) is 0. The molecule has 6 heteroatoms. The van der Waals surface area contributed by atoms with E-state index in [1.54, 1.807) is 13.0 Å². The van der Waals surface area contributed by atoms with Crippen molar-refractivity contribution in [3.8, 4) is 0 Å². The molecule has 1 aliphatic rings. The van der Waals surface area contributed by atoms with Crippen LogP contribution in [0.2, 0.25) is 0 Å². The SMILES string of the molecule is Cc1cc(C)c2c(c1)C(=O)C(=O)N2Cc1nonc1C. The Morgan fingerprint density at radius 2 is 1.90 bits per heavy atom. The molecule has 2 aromatic rings. The van der Waals surface area contributed by atoms with Gasteiger partial charge in [-0.1, -0.05) is 16.4 Å². The summed E-state index contributed by atoms with van der Waals surface area (Å²) >= 11 is 0. The van der Waals surface area contributed by atoms with Gasteiger partial charge in [0.15, 0.2) is 0 Å². The number of aromatic nitrogens is 2. The Morgan fingerprint density at radius 1 is 1.15 bits per heavy atom. The molecule has 3 rings (SSSR count). The van der Waals surface area contributed by atoms with Gasteiger partial charge in [-0.25, -0.2) is 4.63 Å². The number of nitrogens with zero attached hydrogens (tertiary/aromatic N) is 3. The van der Waals surface area contributed by atoms with Crippen molar-refractivity contribution < 1.29 is 14.2 Å². The van der Waals surface area contributed by atoms with E-state index in [0.29, 0.717) is 22.6 Å². The van der Waals surface area contributed by atoms with Crippen LogP contribution in [0.1, 0.15) is 32.9 Å². The lowest BCUT2D eigenvalue weighted by Gasteiger charge is -2.17. The molecule has 1 amide bonds. The fourth-order valence-corrected chi connectivity index (χ4v) is 2.52. The lowest BCUT2D eigenvalue weighted by molar-refractivity contribution is -0.114. The van der Waals surface area contributed by atoms with Crippen molar-refractivity contribution in [2.75, 3.05) is 4.90 Å². The summed E-state index contributed by atoms with van der Waals surface area (Å²) in [4.78, 5) is 25.7. The van der Waals surface area contributed by atoms with Gasteiger partial charge in [0, 0.05) is 0 Å². The van der Waals surface area contributed by atoms with Gasteiger partial charge in [0.1, 0.15) is 11.4 Å². The van der Waals surface area contributed by atoms with Crippen LogP contribution in [0.5, 0.6) is 0 Å². The standard InChI is InChI=1S/C14H13N3O3/c1-7-4-8(2)12-10(5-7)13(18)14(19)17(12)6-11-9(3)15-20-16-11/h4-5H,6H2,1-3H3. The third-order valence-electron chi connectivity index (χ3n) is 3.45. The first kappa shape index (κ1) is 12.5. The Labute approximate surface area is 115 Å². The molecular weight excluding hydrogens is 258 g/mol. The van der Waals surface area contributed by atoms with E-state index in [1.165, 1.54) is 4.90 Å². The molecule has 102 valence electrons. The van der Waals surface area contributed by atoms with Gasteiger partial charge >= 0.3 is 0 Å². The van der Waals surface area contributed by atoms with Crippen LogP contribution >= 0.6 is 0 Å². The molecule has 20 heavy (non-hydrogen) atoms. The highest BCUT2D eigenvalue weighted by Crippen LogP contribution is 2.34. The number of ketones is 1. The molecule has 0 aliphatic carbocycles. The summed E-state index contributed by atoms with van der Waals surface area (Å²) in [6.07, 6.45) is 0. The molecule has 1 aromatic heterocycles. The van der Waals surface area contributed by atoms with Gasteiger partial charge in [0.25, 0.3) is 11.7 Å². The zero-order chi connectivity index (χ0) is 14.4. The van der Waals surface area contributed by atoms with Crippen molar-refractivity contribution in [2.45, 2.75) is 27.3 Å². The Kier molecular flexibility index (Phi) is 2.67. The molecule has 0 saturated carbocycles. The van der Waals surface area contributed by atoms with Gasteiger partial charge in [-0.3, -0.25) is 14.5 Å². The van der Waals surface area contributed by atoms with E-state index in [-0.39, 0.29) is 6.54 Å². The van der Waals surface area contributed by atoms with Gasteiger partial charge in [-0.2, -0.15) is 0 Å². The van der Waals surface area contributed by atoms with Gasteiger partial charge < -0.3 is 0 Å². The molecule has 2 heterocycles. The summed E-state index contributed by atoms with van der Waals surface area (Å²) < 4.78 is 4.63. The van der Waals surface area contributed by atoms with Gasteiger partial charge in [-0.05, 0) is 38.0 Å². The van der Waals surface area contributed by atoms with Crippen LogP contribution in [0.25, 0.3) is 0 Å². The highest BCUT2D eigenvalue weighted by atomic mass is 16.6. The van der Waals surface area contributed by atoms with Crippen molar-refractivity contribution >= 4 is 17.4 Å². The van der Waals surface area contributed by atoms with Gasteiger partial charge in [0.2, 0.25) is 0 Å². The zero-order valence-corrected chi connectivity index (χ0v) is 11.4. The van der Waals surface area contributed by atoms with E-state index in [2.05, 4.69) is 14.9 Å². The van der Waals surface area contributed by atoms with Crippen LogP contribution in [-0.2, 0) is 11.3 Å². The maximum atomic E-state index is 12.2. The Morgan fingerprint density at radius 3 is 2.55 bits per heavy atom. The second kappa shape index (κ2) is 4.26. The molecule has 0 unspecified atom stereocenters. The molecule has 0 fully saturated rings. The highest BCUT2D eigenvalue weighted by molar-refractivity contribution is 6.52. The molecule has 0 saturated heterocycles. The van der Waals surface area contributed by atoms with Crippen molar-refractivity contribution in [1.29, 1.82) is 0 Å². The molecule has 1 aromatic carbocycles. The monoisotopic (exact) mass is 271 g/mol. The number of carbonyl (C=O) groups is 2. The Balaban J connectivity index is 2.09. The first-order valence-electron chi connectivity index (χ1n) is 6.24. The minimum absolute atomic E-state index is 0.191. The first-order valence-corrected chi connectivity index (χ1v) is 6.24. The Bertz CT molecular complexity index is 733. The van der Waals surface area contributed by atoms with E-state index >= 15 is 0 Å². The van der Waals surface area contributed by atoms with E-state index in [0.717, 1.165) is 11.1 Å². The fourth-order valence-electron chi connectivity index (χ4n) is 2.52. The fraction of sp³-hybridized carbons (Fsp3) is 0.286. The molecule has 0 bridgehead atoms. The third-order valence-corrected chi connectivity index (χ3v) is 3.45. The second-order valence-corrected chi connectivity index (χ2v) is 4.99. The molecule has 0 radical (unpaired) electrons. The van der Waals surface area contributed by atoms with Crippen molar-refractivity contribution in [1.82, 2.24) is 10.3 Å². The van der Waals surface area contributed by atoms with Crippen LogP contribution in [0.3, 0.4) is 0 Å². The van der Waals surface area contributed by atoms with E-state index in [1.807, 2.05) is 19.9 Å². The van der Waals surface area contributed by atoms with Crippen LogP contribution in [0, 0.1) is 20.8 Å². The predicted octanol–water partition coefficient (Wildman–Crippen LogP) is 1.72. The lowest BCUT2D eigenvalue weighted by atomic mass is 10.0. The lowest BCUT2D eigenvalue weighted by Crippen LogP contribution is -2.29. The zero-order valence-electron chi connectivity index (χ0n) is 11.4. The van der Waals surface area contributed by atoms with Crippen LogP contribution in [-0.4, -0.2) is 22.0 Å². The number of amides is 1. The topological polar surface area (TPSA) is 76.3 Å². The summed E-state index contributed by atoms with van der Waals surface area (Å²) in [6, 6.07) is 3.70. The summed E-state index contributed by atoms with van der Waals surface area (Å²) in [7, 11) is 0. The Hall–Kier alpha value is -2.50. The highest BCUT2D eigenvalue weighted by Gasteiger charge is 2.37. The number of aryl methyl sites for hydroxylation is 3. The molecule has 0 N–H and O–H groups in total. The van der Waals surface area contributed by atoms with Crippen LogP contribution < -0.4 is 4.90 Å². The average molecular weight is 271 g/mol. The van der Waals surface area contributed by atoms with Crippen molar-refractivity contribution in [3.63, 3.8) is 0 Å². The van der Waals surface area contributed by atoms with E-state index in [4.69, 9.17) is 0 Å². The minimum Gasteiger partial charge on any atom is -0.298 e. The van der Waals surface area contributed by atoms with Crippen LogP contribution in [0.15, 0.2) is 16.8 Å². The first-order chi connectivity index (χ1) is 9.49. The summed E-state index contributed by atoms with van der Waals surface area (Å²) in [5.41, 5.74) is 4.15. The smallest absolute Gasteiger partial charge is 0.298 e. The van der Waals surface area contributed by atoms with E-state index < -0.39 is 11.7 Å². The number of benzene rings is 1. The van der Waals surface area contributed by atoms with Crippen LogP contribution in [0.4, 0.5) is 5.69 Å². The van der Waals surface area contributed by atoms with Gasteiger partial charge in [-0.15, -0.1) is 0 Å². The number of fused-ring (bicyclic) bond motifs is 1. The summed E-state index contributed by atoms with van der Waals surface area (Å²) in [5.74, 6) is -1.00. The quantitative estimate of drug-likeness (QED) is 0.777. The maximum Gasteiger partial charge on any atom is 0.299 e. The number of anilines is 1. The summed E-state index contributed by atoms with van der Waals surface area (Å²) in [6.45, 7) is 5.73. The molecular formula is C14H13N3O3. The number of rotatable bonds is 2. The second-order valence-electron chi connectivity index (χ2n) is 4.99. The molecule has 1 aliphatic heterocycles. The summed E-state index contributed by atoms with van der Waals surface area (Å²) in [5, 5.41) is 7.45. The molecule has 0 atom stereocenters. The maximum absolute atomic E-state index is 12.2. The predicted molar refractivity (Wildman–Crippen MR) is 70.5 cm³/mol. The molecule has 6 nitrogen and oxygen atoms in total. The third kappa shape index (κ3) is 1.72. The number of carbonyl (C=O) groups excluding carboxylic acids is 2. The van der Waals surface area contributed by atoms with Crippen molar-refractivity contribution in [2.24, 2.45) is 0 Å². The number of hydrogen-bond acceptors (Lipinski definition) is 5. The van der Waals surface area contributed by atoms with E-state index in [9.17, 15) is 9.59 Å². The van der Waals surface area contributed by atoms with Crippen molar-refractivity contribution in [3.05, 3.63) is 40.2 Å².